The van der Waals surface area contributed by atoms with E-state index in [-0.39, 0.29) is 17.7 Å². The number of alkyl halides is 1. The number of nitrogens with one attached hydrogen (secondary N) is 1. The van der Waals surface area contributed by atoms with Crippen molar-refractivity contribution in [3.63, 3.8) is 0 Å². The second-order valence-electron chi connectivity index (χ2n) is 7.66. The summed E-state index contributed by atoms with van der Waals surface area (Å²) in [6, 6.07) is 5.57. The molecule has 3 aliphatic rings. The van der Waals surface area contributed by atoms with Crippen molar-refractivity contribution < 1.29 is 14.0 Å². The van der Waals surface area contributed by atoms with Gasteiger partial charge in [-0.05, 0) is 56.7 Å². The maximum Gasteiger partial charge on any atom is 0.255 e. The Kier molecular flexibility index (Phi) is 4.83. The molecule has 140 valence electrons. The molecule has 2 heterocycles. The average Bonchev–Trinajstić information content (AvgIpc) is 3.36. The largest absolute Gasteiger partial charge is 0.371 e. The van der Waals surface area contributed by atoms with Crippen molar-refractivity contribution in [2.45, 2.75) is 44.7 Å². The van der Waals surface area contributed by atoms with Crippen LogP contribution in [0.15, 0.2) is 18.2 Å². The predicted octanol–water partition coefficient (Wildman–Crippen LogP) is 3.21. The molecule has 26 heavy (non-hydrogen) atoms. The Balaban J connectivity index is 1.57. The fourth-order valence-electron chi connectivity index (χ4n) is 3.82. The number of halogens is 1. The third kappa shape index (κ3) is 3.69. The van der Waals surface area contributed by atoms with Gasteiger partial charge < -0.3 is 15.1 Å². The minimum absolute atomic E-state index is 0.0288. The van der Waals surface area contributed by atoms with E-state index < -0.39 is 6.17 Å². The maximum atomic E-state index is 13.4. The summed E-state index contributed by atoms with van der Waals surface area (Å²) >= 11 is 0. The van der Waals surface area contributed by atoms with E-state index >= 15 is 0 Å². The number of hydrogen-bond acceptors (Lipinski definition) is 3. The molecule has 0 aromatic heterocycles. The van der Waals surface area contributed by atoms with Gasteiger partial charge in [0, 0.05) is 37.8 Å². The highest BCUT2D eigenvalue weighted by Gasteiger charge is 2.30. The Labute approximate surface area is 153 Å². The molecular weight excluding hydrogens is 333 g/mol. The molecule has 0 radical (unpaired) electrons. The summed E-state index contributed by atoms with van der Waals surface area (Å²) in [5.74, 6) is 0.189. The summed E-state index contributed by atoms with van der Waals surface area (Å²) in [6.45, 7) is 2.79. The van der Waals surface area contributed by atoms with Gasteiger partial charge in [0.25, 0.3) is 5.91 Å². The van der Waals surface area contributed by atoms with E-state index in [1.165, 1.54) is 0 Å². The summed E-state index contributed by atoms with van der Waals surface area (Å²) < 4.78 is 13.4. The summed E-state index contributed by atoms with van der Waals surface area (Å²) in [7, 11) is 0. The van der Waals surface area contributed by atoms with Crippen LogP contribution in [0.5, 0.6) is 0 Å². The number of anilines is 2. The lowest BCUT2D eigenvalue weighted by Crippen LogP contribution is -2.39. The van der Waals surface area contributed by atoms with Crippen LogP contribution in [0.3, 0.4) is 0 Å². The second-order valence-corrected chi connectivity index (χ2v) is 7.66. The number of carbonyl (C=O) groups is 2. The van der Waals surface area contributed by atoms with Crippen LogP contribution in [0.2, 0.25) is 0 Å². The molecule has 1 N–H and O–H groups in total. The molecule has 1 aromatic carbocycles. The van der Waals surface area contributed by atoms with E-state index in [1.807, 2.05) is 18.2 Å². The Morgan fingerprint density at radius 3 is 2.35 bits per heavy atom. The SMILES string of the molecule is O=C(Nc1ccc(C(=O)N2CCC(F)CC2)c(N2CCCC2)c1)C1CC1. The standard InChI is InChI=1S/C20H26FN3O2/c21-15-7-11-24(12-8-15)20(26)17-6-5-16(22-19(25)14-3-4-14)13-18(17)23-9-1-2-10-23/h5-6,13-15H,1-4,7-12H2,(H,22,25). The van der Waals surface area contributed by atoms with Crippen molar-refractivity contribution in [1.82, 2.24) is 4.90 Å². The molecular formula is C20H26FN3O2. The van der Waals surface area contributed by atoms with E-state index in [9.17, 15) is 14.0 Å². The number of likely N-dealkylation sites (tertiary alicyclic amines) is 1. The summed E-state index contributed by atoms with van der Waals surface area (Å²) in [6.07, 6.45) is 4.19. The molecule has 6 heteroatoms. The smallest absolute Gasteiger partial charge is 0.255 e. The minimum atomic E-state index is -0.794. The number of carbonyl (C=O) groups excluding carboxylic acids is 2. The van der Waals surface area contributed by atoms with E-state index in [0.29, 0.717) is 31.5 Å². The van der Waals surface area contributed by atoms with Gasteiger partial charge in [0.1, 0.15) is 6.17 Å². The van der Waals surface area contributed by atoms with Crippen LogP contribution < -0.4 is 10.2 Å². The van der Waals surface area contributed by atoms with Crippen molar-refractivity contribution in [2.75, 3.05) is 36.4 Å². The van der Waals surface area contributed by atoms with E-state index in [2.05, 4.69) is 10.2 Å². The van der Waals surface area contributed by atoms with Crippen LogP contribution in [0.25, 0.3) is 0 Å². The molecule has 2 aliphatic heterocycles. The van der Waals surface area contributed by atoms with Gasteiger partial charge >= 0.3 is 0 Å². The molecule has 2 amide bonds. The van der Waals surface area contributed by atoms with Gasteiger partial charge in [-0.25, -0.2) is 4.39 Å². The van der Waals surface area contributed by atoms with Gasteiger partial charge in [0.2, 0.25) is 5.91 Å². The number of benzene rings is 1. The summed E-state index contributed by atoms with van der Waals surface area (Å²) in [5, 5.41) is 2.98. The fraction of sp³-hybridized carbons (Fsp3) is 0.600. The highest BCUT2D eigenvalue weighted by Crippen LogP contribution is 2.33. The molecule has 4 rings (SSSR count). The number of nitrogens with zero attached hydrogens (tertiary/aromatic N) is 2. The Morgan fingerprint density at radius 2 is 1.69 bits per heavy atom. The average molecular weight is 359 g/mol. The fourth-order valence-corrected chi connectivity index (χ4v) is 3.82. The van der Waals surface area contributed by atoms with Crippen molar-refractivity contribution in [2.24, 2.45) is 5.92 Å². The number of rotatable bonds is 4. The maximum absolute atomic E-state index is 13.4. The molecule has 0 bridgehead atoms. The summed E-state index contributed by atoms with van der Waals surface area (Å²) in [4.78, 5) is 29.1. The third-order valence-corrected chi connectivity index (χ3v) is 5.60. The van der Waals surface area contributed by atoms with E-state index in [4.69, 9.17) is 0 Å². The van der Waals surface area contributed by atoms with Gasteiger partial charge in [0.15, 0.2) is 0 Å². The van der Waals surface area contributed by atoms with E-state index in [1.54, 1.807) is 4.90 Å². The Bertz CT molecular complexity index is 690. The Hall–Kier alpha value is -2.11. The second kappa shape index (κ2) is 7.25. The zero-order valence-corrected chi connectivity index (χ0v) is 15.0. The molecule has 0 unspecified atom stereocenters. The van der Waals surface area contributed by atoms with Crippen LogP contribution in [-0.2, 0) is 4.79 Å². The van der Waals surface area contributed by atoms with Gasteiger partial charge in [-0.2, -0.15) is 0 Å². The minimum Gasteiger partial charge on any atom is -0.371 e. The quantitative estimate of drug-likeness (QED) is 0.898. The van der Waals surface area contributed by atoms with Crippen molar-refractivity contribution >= 4 is 23.2 Å². The van der Waals surface area contributed by atoms with Crippen LogP contribution in [0, 0.1) is 5.92 Å². The van der Waals surface area contributed by atoms with Crippen LogP contribution >= 0.6 is 0 Å². The first-order chi connectivity index (χ1) is 12.6. The normalized spacial score (nSPS) is 21.1. The highest BCUT2D eigenvalue weighted by molar-refractivity contribution is 6.02. The lowest BCUT2D eigenvalue weighted by molar-refractivity contribution is -0.117. The molecule has 1 aliphatic carbocycles. The molecule has 3 fully saturated rings. The van der Waals surface area contributed by atoms with Crippen LogP contribution in [0.1, 0.15) is 48.9 Å². The molecule has 0 atom stereocenters. The number of hydrogen-bond donors (Lipinski definition) is 1. The lowest BCUT2D eigenvalue weighted by atomic mass is 10.1. The van der Waals surface area contributed by atoms with Crippen molar-refractivity contribution in [3.05, 3.63) is 23.8 Å². The third-order valence-electron chi connectivity index (χ3n) is 5.60. The predicted molar refractivity (Wildman–Crippen MR) is 99.3 cm³/mol. The molecule has 5 nitrogen and oxygen atoms in total. The number of piperidine rings is 1. The molecule has 2 saturated heterocycles. The monoisotopic (exact) mass is 359 g/mol. The highest BCUT2D eigenvalue weighted by atomic mass is 19.1. The van der Waals surface area contributed by atoms with Crippen molar-refractivity contribution in [3.8, 4) is 0 Å². The van der Waals surface area contributed by atoms with Gasteiger partial charge in [-0.3, -0.25) is 9.59 Å². The van der Waals surface area contributed by atoms with Crippen LogP contribution in [-0.4, -0.2) is 49.1 Å². The first-order valence-electron chi connectivity index (χ1n) is 9.75. The van der Waals surface area contributed by atoms with Gasteiger partial charge in [-0.15, -0.1) is 0 Å². The topological polar surface area (TPSA) is 52.7 Å². The van der Waals surface area contributed by atoms with Gasteiger partial charge in [-0.1, -0.05) is 0 Å². The number of amides is 2. The molecule has 1 saturated carbocycles. The van der Waals surface area contributed by atoms with Crippen molar-refractivity contribution in [1.29, 1.82) is 0 Å². The van der Waals surface area contributed by atoms with E-state index in [0.717, 1.165) is 50.1 Å². The molecule has 1 aromatic rings. The van der Waals surface area contributed by atoms with Gasteiger partial charge in [0.05, 0.1) is 11.3 Å². The van der Waals surface area contributed by atoms with Crippen LogP contribution in [0.4, 0.5) is 15.8 Å². The Morgan fingerprint density at radius 1 is 1.00 bits per heavy atom. The summed E-state index contributed by atoms with van der Waals surface area (Å²) in [5.41, 5.74) is 2.31. The first-order valence-corrected chi connectivity index (χ1v) is 9.75. The zero-order valence-electron chi connectivity index (χ0n) is 15.0. The first kappa shape index (κ1) is 17.3. The zero-order chi connectivity index (χ0) is 18.1. The molecule has 0 spiro atoms. The lowest BCUT2D eigenvalue weighted by Gasteiger charge is -2.30.